The first-order valence-corrected chi connectivity index (χ1v) is 18.2. The number of esters is 1. The number of fused-ring (bicyclic) bond motifs is 2. The molecule has 0 radical (unpaired) electrons. The molecule has 0 saturated carbocycles. The van der Waals surface area contributed by atoms with Gasteiger partial charge in [0.05, 0.1) is 5.56 Å². The van der Waals surface area contributed by atoms with E-state index >= 15 is 0 Å². The van der Waals surface area contributed by atoms with Crippen LogP contribution in [0.3, 0.4) is 0 Å². The molecule has 0 heterocycles. The number of amides is 2. The van der Waals surface area contributed by atoms with Crippen LogP contribution in [0.4, 0.5) is 5.69 Å². The van der Waals surface area contributed by atoms with Gasteiger partial charge in [-0.25, -0.2) is 4.79 Å². The van der Waals surface area contributed by atoms with Crippen molar-refractivity contribution in [3.8, 4) is 22.6 Å². The van der Waals surface area contributed by atoms with Crippen LogP contribution in [-0.4, -0.2) is 49.5 Å². The van der Waals surface area contributed by atoms with Gasteiger partial charge in [0.15, 0.2) is 12.6 Å². The molecule has 0 unspecified atom stereocenters. The normalized spacial score (nSPS) is 11.1. The predicted molar refractivity (Wildman–Crippen MR) is 228 cm³/mol. The SMILES string of the molecule is C=CCOc1ccc2ccccc2c1-c1c(OCC(=O)N[C@H](CCCN=C(N)N)C(=O)Nc2cccc(C(=O)OCc3ccccc3)c2)ccc2ccccc12.Cl. The number of ether oxygens (including phenoxy) is 3. The smallest absolute Gasteiger partial charge is 0.338 e. The van der Waals surface area contributed by atoms with Gasteiger partial charge < -0.3 is 36.3 Å². The third-order valence-corrected chi connectivity index (χ3v) is 8.92. The summed E-state index contributed by atoms with van der Waals surface area (Å²) in [5, 5.41) is 9.49. The largest absolute Gasteiger partial charge is 0.489 e. The van der Waals surface area contributed by atoms with Crippen LogP contribution in [0.5, 0.6) is 11.5 Å². The van der Waals surface area contributed by atoms with E-state index in [1.54, 1.807) is 24.3 Å². The number of halogens is 1. The molecule has 2 amide bonds. The quantitative estimate of drug-likeness (QED) is 0.0242. The summed E-state index contributed by atoms with van der Waals surface area (Å²) in [5.41, 5.74) is 14.1. The second-order valence-corrected chi connectivity index (χ2v) is 12.9. The molecule has 1 atom stereocenters. The maximum atomic E-state index is 13.7. The maximum absolute atomic E-state index is 13.7. The van der Waals surface area contributed by atoms with Gasteiger partial charge in [-0.15, -0.1) is 12.4 Å². The molecule has 6 rings (SSSR count). The van der Waals surface area contributed by atoms with Crippen molar-refractivity contribution >= 4 is 63.4 Å². The van der Waals surface area contributed by atoms with Crippen LogP contribution in [0.25, 0.3) is 32.7 Å². The van der Waals surface area contributed by atoms with Crippen molar-refractivity contribution < 1.29 is 28.6 Å². The molecule has 11 nitrogen and oxygen atoms in total. The van der Waals surface area contributed by atoms with Gasteiger partial charge in [0, 0.05) is 23.4 Å². The molecule has 12 heteroatoms. The second-order valence-electron chi connectivity index (χ2n) is 12.9. The topological polar surface area (TPSA) is 167 Å². The van der Waals surface area contributed by atoms with E-state index in [-0.39, 0.29) is 50.1 Å². The van der Waals surface area contributed by atoms with E-state index in [0.717, 1.165) is 38.2 Å². The first-order valence-electron chi connectivity index (χ1n) is 18.2. The molecule has 0 aliphatic rings. The van der Waals surface area contributed by atoms with Crippen molar-refractivity contribution in [3.05, 3.63) is 151 Å². The van der Waals surface area contributed by atoms with Crippen LogP contribution >= 0.6 is 12.4 Å². The highest BCUT2D eigenvalue weighted by atomic mass is 35.5. The number of anilines is 1. The Labute approximate surface area is 337 Å². The van der Waals surface area contributed by atoms with Gasteiger partial charge in [-0.1, -0.05) is 110 Å². The standard InChI is InChI=1S/C45H43N5O6.ClH/c1-2-26-54-38-23-21-31-14-6-8-18-35(31)41(38)42-36-19-9-7-15-32(36)22-24-39(42)55-29-40(51)50-37(20-11-25-48-45(46)47)43(52)49-34-17-10-16-33(27-34)44(53)56-28-30-12-4-3-5-13-30;/h2-10,12-19,21-24,27,37H,1,11,20,25-26,28-29H2,(H,49,52)(H,50,51)(H4,46,47,48);1H/t37-;/m1./s1. The number of rotatable bonds is 17. The molecule has 292 valence electrons. The zero-order chi connectivity index (χ0) is 39.3. The molecule has 0 spiro atoms. The lowest BCUT2D eigenvalue weighted by molar-refractivity contribution is -0.128. The van der Waals surface area contributed by atoms with E-state index in [4.69, 9.17) is 25.7 Å². The first kappa shape index (κ1) is 41.3. The van der Waals surface area contributed by atoms with Crippen molar-refractivity contribution in [2.75, 3.05) is 25.1 Å². The van der Waals surface area contributed by atoms with Crippen molar-refractivity contribution in [2.45, 2.75) is 25.5 Å². The van der Waals surface area contributed by atoms with Crippen molar-refractivity contribution in [2.24, 2.45) is 16.5 Å². The lowest BCUT2D eigenvalue weighted by Crippen LogP contribution is -2.45. The van der Waals surface area contributed by atoms with E-state index in [1.807, 2.05) is 103 Å². The first-order chi connectivity index (χ1) is 27.3. The highest BCUT2D eigenvalue weighted by molar-refractivity contribution is 6.10. The zero-order valence-electron chi connectivity index (χ0n) is 31.2. The summed E-state index contributed by atoms with van der Waals surface area (Å²) in [6.45, 7) is 4.08. The minimum atomic E-state index is -0.984. The van der Waals surface area contributed by atoms with Gasteiger partial charge in [-0.05, 0) is 70.3 Å². The number of carbonyl (C=O) groups excluding carboxylic acids is 3. The maximum Gasteiger partial charge on any atom is 0.338 e. The molecule has 0 aliphatic heterocycles. The molecule has 0 saturated heterocycles. The highest BCUT2D eigenvalue weighted by Crippen LogP contribution is 2.45. The van der Waals surface area contributed by atoms with Crippen LogP contribution in [0.2, 0.25) is 0 Å². The van der Waals surface area contributed by atoms with Gasteiger partial charge in [0.25, 0.3) is 5.91 Å². The number of benzene rings is 6. The van der Waals surface area contributed by atoms with Gasteiger partial charge in [-0.3, -0.25) is 14.6 Å². The lowest BCUT2D eigenvalue weighted by Gasteiger charge is -2.21. The fraction of sp³-hybridized carbons (Fsp3) is 0.156. The zero-order valence-corrected chi connectivity index (χ0v) is 32.0. The molecular formula is C45H44ClN5O6. The third-order valence-electron chi connectivity index (χ3n) is 8.92. The molecule has 0 fully saturated rings. The van der Waals surface area contributed by atoms with Crippen LogP contribution in [0.15, 0.2) is 145 Å². The average Bonchev–Trinajstić information content (AvgIpc) is 3.22. The second kappa shape index (κ2) is 20.2. The summed E-state index contributed by atoms with van der Waals surface area (Å²) in [6, 6.07) is 38.4. The van der Waals surface area contributed by atoms with Crippen LogP contribution in [0.1, 0.15) is 28.8 Å². The molecule has 0 aromatic heterocycles. The summed E-state index contributed by atoms with van der Waals surface area (Å²) in [4.78, 5) is 44.1. The van der Waals surface area contributed by atoms with Crippen LogP contribution < -0.4 is 31.6 Å². The van der Waals surface area contributed by atoms with E-state index in [2.05, 4.69) is 22.2 Å². The molecule has 0 aliphatic carbocycles. The van der Waals surface area contributed by atoms with Gasteiger partial charge in [-0.2, -0.15) is 0 Å². The number of aliphatic imine (C=N–C) groups is 1. The van der Waals surface area contributed by atoms with Crippen molar-refractivity contribution in [1.29, 1.82) is 0 Å². The van der Waals surface area contributed by atoms with Crippen LogP contribution in [0, 0.1) is 0 Å². The number of hydrogen-bond acceptors (Lipinski definition) is 7. The number of nitrogens with one attached hydrogen (secondary N) is 2. The van der Waals surface area contributed by atoms with Gasteiger partial charge in [0.2, 0.25) is 5.91 Å². The van der Waals surface area contributed by atoms with Gasteiger partial charge >= 0.3 is 5.97 Å². The summed E-state index contributed by atoms with van der Waals surface area (Å²) in [6.07, 6.45) is 2.30. The molecular weight excluding hydrogens is 742 g/mol. The van der Waals surface area contributed by atoms with E-state index in [1.165, 1.54) is 6.07 Å². The molecule has 6 aromatic rings. The van der Waals surface area contributed by atoms with Crippen molar-refractivity contribution in [1.82, 2.24) is 5.32 Å². The minimum absolute atomic E-state index is 0. The average molecular weight is 786 g/mol. The Kier molecular flexibility index (Phi) is 14.6. The Bertz CT molecular complexity index is 2380. The summed E-state index contributed by atoms with van der Waals surface area (Å²) >= 11 is 0. The number of guanidine groups is 1. The van der Waals surface area contributed by atoms with Gasteiger partial charge in [0.1, 0.15) is 30.8 Å². The number of hydrogen-bond donors (Lipinski definition) is 4. The molecule has 0 bridgehead atoms. The fourth-order valence-corrected chi connectivity index (χ4v) is 6.32. The highest BCUT2D eigenvalue weighted by Gasteiger charge is 2.23. The Morgan fingerprint density at radius 1 is 0.754 bits per heavy atom. The number of carbonyl (C=O) groups is 3. The Morgan fingerprint density at radius 2 is 1.39 bits per heavy atom. The summed E-state index contributed by atoms with van der Waals surface area (Å²) in [7, 11) is 0. The van der Waals surface area contributed by atoms with E-state index < -0.39 is 23.8 Å². The Hall–Kier alpha value is -6.85. The third kappa shape index (κ3) is 10.9. The predicted octanol–water partition coefficient (Wildman–Crippen LogP) is 7.56. The Balaban J connectivity index is 0.00000620. The number of nitrogens with two attached hydrogens (primary N) is 2. The fourth-order valence-electron chi connectivity index (χ4n) is 6.32. The molecule has 6 aromatic carbocycles. The minimum Gasteiger partial charge on any atom is -0.489 e. The number of nitrogens with zero attached hydrogens (tertiary/aromatic N) is 1. The van der Waals surface area contributed by atoms with E-state index in [0.29, 0.717) is 30.2 Å². The molecule has 6 N–H and O–H groups in total. The summed E-state index contributed by atoms with van der Waals surface area (Å²) < 4.78 is 17.9. The van der Waals surface area contributed by atoms with E-state index in [9.17, 15) is 14.4 Å². The van der Waals surface area contributed by atoms with Crippen molar-refractivity contribution in [3.63, 3.8) is 0 Å². The summed E-state index contributed by atoms with van der Waals surface area (Å²) in [5.74, 6) is -0.534. The lowest BCUT2D eigenvalue weighted by atomic mass is 9.92. The molecule has 57 heavy (non-hydrogen) atoms. The monoisotopic (exact) mass is 785 g/mol. The van der Waals surface area contributed by atoms with Crippen LogP contribution in [-0.2, 0) is 20.9 Å². The Morgan fingerprint density at radius 3 is 2.04 bits per heavy atom.